The van der Waals surface area contributed by atoms with Gasteiger partial charge < -0.3 is 14.6 Å². The van der Waals surface area contributed by atoms with Gasteiger partial charge in [-0.1, -0.05) is 13.3 Å². The molecule has 1 N–H and O–H groups in total. The zero-order chi connectivity index (χ0) is 9.23. The number of hydrogen-bond acceptors (Lipinski definition) is 3. The SMILES string of the molecule is CCCCOCCOCC(=O)O. The van der Waals surface area contributed by atoms with Crippen molar-refractivity contribution in [2.24, 2.45) is 0 Å². The normalized spacial score (nSPS) is 10.1. The summed E-state index contributed by atoms with van der Waals surface area (Å²) >= 11 is 0. The van der Waals surface area contributed by atoms with Gasteiger partial charge in [0.05, 0.1) is 13.2 Å². The lowest BCUT2D eigenvalue weighted by Gasteiger charge is -2.02. The number of ether oxygens (including phenoxy) is 2. The Balaban J connectivity index is 2.86. The van der Waals surface area contributed by atoms with Crippen molar-refractivity contribution in [1.82, 2.24) is 0 Å². The summed E-state index contributed by atoms with van der Waals surface area (Å²) in [5, 5.41) is 8.19. The van der Waals surface area contributed by atoms with E-state index in [1.807, 2.05) is 0 Å². The molecule has 0 amide bonds. The molecule has 4 heteroatoms. The summed E-state index contributed by atoms with van der Waals surface area (Å²) in [4.78, 5) is 9.97. The van der Waals surface area contributed by atoms with E-state index in [1.165, 1.54) is 0 Å². The number of unbranched alkanes of at least 4 members (excludes halogenated alkanes) is 1. The Hall–Kier alpha value is -0.610. The van der Waals surface area contributed by atoms with Crippen LogP contribution in [0.4, 0.5) is 0 Å². The molecule has 72 valence electrons. The molecule has 0 bridgehead atoms. The van der Waals surface area contributed by atoms with E-state index in [0.29, 0.717) is 13.2 Å². The van der Waals surface area contributed by atoms with Gasteiger partial charge in [0.25, 0.3) is 0 Å². The van der Waals surface area contributed by atoms with Crippen molar-refractivity contribution in [3.05, 3.63) is 0 Å². The summed E-state index contributed by atoms with van der Waals surface area (Å²) in [5.41, 5.74) is 0. The molecule has 0 aliphatic heterocycles. The molecule has 0 atom stereocenters. The molecule has 0 aromatic rings. The molecule has 4 nitrogen and oxygen atoms in total. The van der Waals surface area contributed by atoms with E-state index in [0.717, 1.165) is 19.4 Å². The van der Waals surface area contributed by atoms with Crippen LogP contribution in [0.3, 0.4) is 0 Å². The van der Waals surface area contributed by atoms with Crippen LogP contribution in [0.1, 0.15) is 19.8 Å². The first kappa shape index (κ1) is 11.4. The third-order valence-corrected chi connectivity index (χ3v) is 1.24. The highest BCUT2D eigenvalue weighted by Crippen LogP contribution is 1.87. The van der Waals surface area contributed by atoms with E-state index < -0.39 is 5.97 Å². The Morgan fingerprint density at radius 2 is 1.92 bits per heavy atom. The molecule has 0 unspecified atom stereocenters. The minimum Gasteiger partial charge on any atom is -0.480 e. The van der Waals surface area contributed by atoms with Crippen LogP contribution < -0.4 is 0 Å². The number of carbonyl (C=O) groups is 1. The summed E-state index contributed by atoms with van der Waals surface area (Å²) in [5.74, 6) is -0.941. The molecule has 12 heavy (non-hydrogen) atoms. The van der Waals surface area contributed by atoms with Crippen molar-refractivity contribution in [1.29, 1.82) is 0 Å². The average molecular weight is 176 g/mol. The molecule has 0 aromatic heterocycles. The Kier molecular flexibility index (Phi) is 8.05. The van der Waals surface area contributed by atoms with Crippen LogP contribution in [0.5, 0.6) is 0 Å². The number of carboxylic acids is 1. The van der Waals surface area contributed by atoms with Gasteiger partial charge in [0.1, 0.15) is 6.61 Å². The van der Waals surface area contributed by atoms with Crippen LogP contribution >= 0.6 is 0 Å². The van der Waals surface area contributed by atoms with E-state index >= 15 is 0 Å². The van der Waals surface area contributed by atoms with Gasteiger partial charge in [0.2, 0.25) is 0 Å². The van der Waals surface area contributed by atoms with Crippen molar-refractivity contribution >= 4 is 5.97 Å². The van der Waals surface area contributed by atoms with Crippen molar-refractivity contribution in [3.63, 3.8) is 0 Å². The summed E-state index contributed by atoms with van der Waals surface area (Å²) in [6.07, 6.45) is 2.15. The average Bonchev–Trinajstić information content (AvgIpc) is 2.02. The summed E-state index contributed by atoms with van der Waals surface area (Å²) in [7, 11) is 0. The Morgan fingerprint density at radius 3 is 2.50 bits per heavy atom. The van der Waals surface area contributed by atoms with Gasteiger partial charge in [0.15, 0.2) is 0 Å². The van der Waals surface area contributed by atoms with Crippen LogP contribution in [-0.2, 0) is 14.3 Å². The molecule has 0 heterocycles. The molecule has 0 rings (SSSR count). The predicted octanol–water partition coefficient (Wildman–Crippen LogP) is 0.904. The molecule has 0 saturated carbocycles. The number of hydrogen-bond donors (Lipinski definition) is 1. The molecule has 0 radical (unpaired) electrons. The molecule has 0 aliphatic carbocycles. The van der Waals surface area contributed by atoms with Crippen LogP contribution in [0.25, 0.3) is 0 Å². The van der Waals surface area contributed by atoms with Crippen LogP contribution in [0, 0.1) is 0 Å². The highest BCUT2D eigenvalue weighted by Gasteiger charge is 1.94. The summed E-state index contributed by atoms with van der Waals surface area (Å²) in [6.45, 7) is 3.41. The van der Waals surface area contributed by atoms with E-state index in [9.17, 15) is 4.79 Å². The first-order chi connectivity index (χ1) is 5.77. The predicted molar refractivity (Wildman–Crippen MR) is 44.2 cm³/mol. The minimum atomic E-state index is -0.941. The van der Waals surface area contributed by atoms with E-state index in [-0.39, 0.29) is 6.61 Å². The fourth-order valence-electron chi connectivity index (χ4n) is 0.626. The third kappa shape index (κ3) is 9.39. The molecular weight excluding hydrogens is 160 g/mol. The largest absolute Gasteiger partial charge is 0.480 e. The molecule has 0 saturated heterocycles. The zero-order valence-corrected chi connectivity index (χ0v) is 7.41. The van der Waals surface area contributed by atoms with Crippen molar-refractivity contribution in [3.8, 4) is 0 Å². The Bertz CT molecular complexity index is 114. The van der Waals surface area contributed by atoms with Gasteiger partial charge in [-0.05, 0) is 6.42 Å². The summed E-state index contributed by atoms with van der Waals surface area (Å²) in [6, 6.07) is 0. The monoisotopic (exact) mass is 176 g/mol. The van der Waals surface area contributed by atoms with Crippen LogP contribution in [0.15, 0.2) is 0 Å². The lowest BCUT2D eigenvalue weighted by atomic mass is 10.4. The number of rotatable bonds is 8. The Labute approximate surface area is 72.5 Å². The second-order valence-corrected chi connectivity index (χ2v) is 2.41. The lowest BCUT2D eigenvalue weighted by molar-refractivity contribution is -0.142. The van der Waals surface area contributed by atoms with Gasteiger partial charge in [-0.15, -0.1) is 0 Å². The second-order valence-electron chi connectivity index (χ2n) is 2.41. The van der Waals surface area contributed by atoms with Gasteiger partial charge in [-0.2, -0.15) is 0 Å². The molecule has 0 aromatic carbocycles. The number of aliphatic carboxylic acids is 1. The quantitative estimate of drug-likeness (QED) is 0.558. The van der Waals surface area contributed by atoms with Gasteiger partial charge in [-0.25, -0.2) is 4.79 Å². The first-order valence-corrected chi connectivity index (χ1v) is 4.14. The topological polar surface area (TPSA) is 55.8 Å². The third-order valence-electron chi connectivity index (χ3n) is 1.24. The second kappa shape index (κ2) is 8.49. The van der Waals surface area contributed by atoms with Crippen molar-refractivity contribution < 1.29 is 19.4 Å². The fourth-order valence-corrected chi connectivity index (χ4v) is 0.626. The highest BCUT2D eigenvalue weighted by molar-refractivity contribution is 5.67. The minimum absolute atomic E-state index is 0.239. The van der Waals surface area contributed by atoms with Gasteiger partial charge in [0, 0.05) is 6.61 Å². The van der Waals surface area contributed by atoms with Gasteiger partial charge in [-0.3, -0.25) is 0 Å². The molecule has 0 aliphatic rings. The maximum absolute atomic E-state index is 9.97. The fraction of sp³-hybridized carbons (Fsp3) is 0.875. The van der Waals surface area contributed by atoms with Gasteiger partial charge >= 0.3 is 5.97 Å². The van der Waals surface area contributed by atoms with Crippen LogP contribution in [0.2, 0.25) is 0 Å². The van der Waals surface area contributed by atoms with Crippen molar-refractivity contribution in [2.45, 2.75) is 19.8 Å². The molecule has 0 spiro atoms. The summed E-state index contributed by atoms with van der Waals surface area (Å²) < 4.78 is 9.89. The Morgan fingerprint density at radius 1 is 1.25 bits per heavy atom. The van der Waals surface area contributed by atoms with E-state index in [4.69, 9.17) is 14.6 Å². The van der Waals surface area contributed by atoms with E-state index in [1.54, 1.807) is 0 Å². The standard InChI is InChI=1S/C8H16O4/c1-2-3-4-11-5-6-12-7-8(9)10/h2-7H2,1H3,(H,9,10). The maximum atomic E-state index is 9.97. The maximum Gasteiger partial charge on any atom is 0.329 e. The smallest absolute Gasteiger partial charge is 0.329 e. The lowest BCUT2D eigenvalue weighted by Crippen LogP contribution is -2.11. The van der Waals surface area contributed by atoms with Crippen LogP contribution in [-0.4, -0.2) is 37.5 Å². The number of carboxylic acid groups (broad SMARTS) is 1. The zero-order valence-electron chi connectivity index (χ0n) is 7.41. The highest BCUT2D eigenvalue weighted by atomic mass is 16.5. The molecular formula is C8H16O4. The van der Waals surface area contributed by atoms with Crippen molar-refractivity contribution in [2.75, 3.05) is 26.4 Å². The molecule has 0 fully saturated rings. The van der Waals surface area contributed by atoms with E-state index in [2.05, 4.69) is 6.92 Å². The first-order valence-electron chi connectivity index (χ1n) is 4.14.